The minimum absolute atomic E-state index is 0.547. The summed E-state index contributed by atoms with van der Waals surface area (Å²) in [6.45, 7) is 5.85. The normalized spacial score (nSPS) is 10.8. The highest BCUT2D eigenvalue weighted by atomic mass is 79.9. The standard InChI is InChI=1S/C14H19BrN4O/c1-10(2)8-19-14(17-9-18-19)7-16-11-4-5-13(20-3)12(15)6-11/h4-6,9-10,16H,7-8H2,1-3H3. The second kappa shape index (κ2) is 6.74. The smallest absolute Gasteiger partial charge is 0.146 e. The van der Waals surface area contributed by atoms with Gasteiger partial charge >= 0.3 is 0 Å². The summed E-state index contributed by atoms with van der Waals surface area (Å²) in [5, 5.41) is 7.59. The Balaban J connectivity index is 2.02. The van der Waals surface area contributed by atoms with E-state index in [-0.39, 0.29) is 0 Å². The van der Waals surface area contributed by atoms with Gasteiger partial charge in [0.25, 0.3) is 0 Å². The Hall–Kier alpha value is -1.56. The molecule has 1 aromatic heterocycles. The summed E-state index contributed by atoms with van der Waals surface area (Å²) >= 11 is 3.48. The number of aromatic nitrogens is 3. The lowest BCUT2D eigenvalue weighted by Gasteiger charge is -2.11. The van der Waals surface area contributed by atoms with Crippen molar-refractivity contribution in [2.75, 3.05) is 12.4 Å². The molecule has 108 valence electrons. The van der Waals surface area contributed by atoms with Gasteiger partial charge in [-0.1, -0.05) is 13.8 Å². The van der Waals surface area contributed by atoms with E-state index in [4.69, 9.17) is 4.74 Å². The fourth-order valence-corrected chi connectivity index (χ4v) is 2.42. The summed E-state index contributed by atoms with van der Waals surface area (Å²) < 4.78 is 8.08. The van der Waals surface area contributed by atoms with Crippen LogP contribution in [-0.2, 0) is 13.1 Å². The number of anilines is 1. The first kappa shape index (κ1) is 14.8. The van der Waals surface area contributed by atoms with Crippen molar-refractivity contribution in [1.82, 2.24) is 14.8 Å². The van der Waals surface area contributed by atoms with Crippen LogP contribution in [0.1, 0.15) is 19.7 Å². The number of rotatable bonds is 6. The maximum atomic E-state index is 5.21. The molecule has 0 unspecified atom stereocenters. The largest absolute Gasteiger partial charge is 0.496 e. The molecule has 0 radical (unpaired) electrons. The lowest BCUT2D eigenvalue weighted by Crippen LogP contribution is -2.13. The number of benzene rings is 1. The zero-order chi connectivity index (χ0) is 14.5. The van der Waals surface area contributed by atoms with Crippen LogP contribution in [0.5, 0.6) is 5.75 Å². The zero-order valence-corrected chi connectivity index (χ0v) is 13.5. The van der Waals surface area contributed by atoms with Gasteiger partial charge in [-0.15, -0.1) is 0 Å². The van der Waals surface area contributed by atoms with Gasteiger partial charge in [0.15, 0.2) is 0 Å². The van der Waals surface area contributed by atoms with Gasteiger partial charge in [-0.05, 0) is 40.0 Å². The average Bonchev–Trinajstić information content (AvgIpc) is 2.83. The summed E-state index contributed by atoms with van der Waals surface area (Å²) in [5.41, 5.74) is 1.01. The predicted molar refractivity (Wildman–Crippen MR) is 82.9 cm³/mol. The Morgan fingerprint density at radius 2 is 2.20 bits per heavy atom. The lowest BCUT2D eigenvalue weighted by molar-refractivity contribution is 0.412. The van der Waals surface area contributed by atoms with Crippen molar-refractivity contribution in [1.29, 1.82) is 0 Å². The van der Waals surface area contributed by atoms with E-state index < -0.39 is 0 Å². The van der Waals surface area contributed by atoms with E-state index in [0.717, 1.165) is 28.3 Å². The number of hydrogen-bond donors (Lipinski definition) is 1. The maximum Gasteiger partial charge on any atom is 0.146 e. The van der Waals surface area contributed by atoms with Gasteiger partial charge in [0.05, 0.1) is 18.1 Å². The van der Waals surface area contributed by atoms with Gasteiger partial charge in [-0.25, -0.2) is 9.67 Å². The van der Waals surface area contributed by atoms with Crippen molar-refractivity contribution < 1.29 is 4.74 Å². The van der Waals surface area contributed by atoms with Crippen LogP contribution in [0.3, 0.4) is 0 Å². The lowest BCUT2D eigenvalue weighted by atomic mass is 10.2. The summed E-state index contributed by atoms with van der Waals surface area (Å²) in [6.07, 6.45) is 1.60. The van der Waals surface area contributed by atoms with Gasteiger partial charge < -0.3 is 10.1 Å². The molecule has 2 rings (SSSR count). The molecule has 0 saturated heterocycles. The first-order valence-corrected chi connectivity index (χ1v) is 7.33. The molecular weight excluding hydrogens is 320 g/mol. The summed E-state index contributed by atoms with van der Waals surface area (Å²) in [5.74, 6) is 2.30. The van der Waals surface area contributed by atoms with Crippen molar-refractivity contribution in [3.8, 4) is 5.75 Å². The first-order valence-electron chi connectivity index (χ1n) is 6.54. The highest BCUT2D eigenvalue weighted by Crippen LogP contribution is 2.27. The monoisotopic (exact) mass is 338 g/mol. The fraction of sp³-hybridized carbons (Fsp3) is 0.429. The number of nitrogens with zero attached hydrogens (tertiary/aromatic N) is 3. The Labute approximate surface area is 127 Å². The van der Waals surface area contributed by atoms with Gasteiger partial charge in [-0.3, -0.25) is 0 Å². The van der Waals surface area contributed by atoms with Crippen molar-refractivity contribution in [3.05, 3.63) is 34.8 Å². The summed E-state index contributed by atoms with van der Waals surface area (Å²) in [6, 6.07) is 5.89. The third kappa shape index (κ3) is 3.72. The molecule has 0 spiro atoms. The zero-order valence-electron chi connectivity index (χ0n) is 11.9. The topological polar surface area (TPSA) is 52.0 Å². The van der Waals surface area contributed by atoms with Crippen LogP contribution < -0.4 is 10.1 Å². The minimum atomic E-state index is 0.547. The molecule has 1 heterocycles. The molecule has 0 aliphatic heterocycles. The van der Waals surface area contributed by atoms with Gasteiger partial charge in [-0.2, -0.15) is 5.10 Å². The van der Waals surface area contributed by atoms with Crippen LogP contribution in [0, 0.1) is 5.92 Å². The van der Waals surface area contributed by atoms with Crippen molar-refractivity contribution in [3.63, 3.8) is 0 Å². The van der Waals surface area contributed by atoms with E-state index in [1.165, 1.54) is 0 Å². The van der Waals surface area contributed by atoms with Crippen molar-refractivity contribution >= 4 is 21.6 Å². The fourth-order valence-electron chi connectivity index (χ4n) is 1.88. The number of methoxy groups -OCH3 is 1. The number of halogens is 1. The van der Waals surface area contributed by atoms with E-state index in [0.29, 0.717) is 12.5 Å². The maximum absolute atomic E-state index is 5.21. The Morgan fingerprint density at radius 1 is 1.40 bits per heavy atom. The summed E-state index contributed by atoms with van der Waals surface area (Å²) in [7, 11) is 1.65. The highest BCUT2D eigenvalue weighted by Gasteiger charge is 2.07. The number of hydrogen-bond acceptors (Lipinski definition) is 4. The van der Waals surface area contributed by atoms with E-state index in [2.05, 4.69) is 45.2 Å². The first-order chi connectivity index (χ1) is 9.60. The summed E-state index contributed by atoms with van der Waals surface area (Å²) in [4.78, 5) is 4.29. The molecule has 0 atom stereocenters. The van der Waals surface area contributed by atoms with Crippen LogP contribution in [-0.4, -0.2) is 21.9 Å². The molecule has 5 nitrogen and oxygen atoms in total. The van der Waals surface area contributed by atoms with E-state index >= 15 is 0 Å². The number of ether oxygens (including phenoxy) is 1. The molecule has 1 N–H and O–H groups in total. The van der Waals surface area contributed by atoms with Crippen LogP contribution in [0.4, 0.5) is 5.69 Å². The van der Waals surface area contributed by atoms with Crippen LogP contribution in [0.15, 0.2) is 29.0 Å². The Kier molecular flexibility index (Phi) is 5.00. The average molecular weight is 339 g/mol. The predicted octanol–water partition coefficient (Wildman–Crippen LogP) is 3.32. The molecule has 1 aromatic carbocycles. The molecule has 0 saturated carbocycles. The molecule has 0 fully saturated rings. The molecule has 0 aliphatic rings. The Morgan fingerprint density at radius 3 is 2.85 bits per heavy atom. The third-order valence-corrected chi connectivity index (χ3v) is 3.46. The number of nitrogens with one attached hydrogen (secondary N) is 1. The van der Waals surface area contributed by atoms with E-state index in [1.54, 1.807) is 13.4 Å². The van der Waals surface area contributed by atoms with Crippen molar-refractivity contribution in [2.24, 2.45) is 5.92 Å². The van der Waals surface area contributed by atoms with Crippen LogP contribution in [0.2, 0.25) is 0 Å². The van der Waals surface area contributed by atoms with Gasteiger partial charge in [0, 0.05) is 12.2 Å². The van der Waals surface area contributed by atoms with Gasteiger partial charge in [0.2, 0.25) is 0 Å². The molecule has 0 aliphatic carbocycles. The van der Waals surface area contributed by atoms with Crippen LogP contribution >= 0.6 is 15.9 Å². The van der Waals surface area contributed by atoms with E-state index in [1.807, 2.05) is 22.9 Å². The highest BCUT2D eigenvalue weighted by molar-refractivity contribution is 9.10. The molecule has 6 heteroatoms. The van der Waals surface area contributed by atoms with Gasteiger partial charge in [0.1, 0.15) is 17.9 Å². The molecule has 0 amide bonds. The molecule has 0 bridgehead atoms. The Bertz CT molecular complexity index is 568. The third-order valence-electron chi connectivity index (χ3n) is 2.84. The second-order valence-electron chi connectivity index (χ2n) is 4.96. The molecule has 2 aromatic rings. The molecule has 20 heavy (non-hydrogen) atoms. The van der Waals surface area contributed by atoms with Crippen LogP contribution in [0.25, 0.3) is 0 Å². The second-order valence-corrected chi connectivity index (χ2v) is 5.81. The van der Waals surface area contributed by atoms with Crippen molar-refractivity contribution in [2.45, 2.75) is 26.9 Å². The van der Waals surface area contributed by atoms with E-state index in [9.17, 15) is 0 Å². The molecular formula is C14H19BrN4O. The SMILES string of the molecule is COc1ccc(NCc2ncnn2CC(C)C)cc1Br. The minimum Gasteiger partial charge on any atom is -0.496 e. The quantitative estimate of drug-likeness (QED) is 0.877.